The van der Waals surface area contributed by atoms with Gasteiger partial charge in [-0.1, -0.05) is 18.1 Å². The molecule has 0 radical (unpaired) electrons. The van der Waals surface area contributed by atoms with Crippen LogP contribution < -0.4 is 15.4 Å². The fourth-order valence-corrected chi connectivity index (χ4v) is 6.35. The van der Waals surface area contributed by atoms with Crippen molar-refractivity contribution in [1.29, 1.82) is 0 Å². The number of amides is 2. The van der Waals surface area contributed by atoms with Gasteiger partial charge >= 0.3 is 12.4 Å². The Labute approximate surface area is 231 Å². The molecule has 220 valence electrons. The first-order valence-electron chi connectivity index (χ1n) is 13.2. The monoisotopic (exact) mass is 584 g/mol. The molecule has 2 bridgehead atoms. The minimum Gasteiger partial charge on any atom is -0.496 e. The summed E-state index contributed by atoms with van der Waals surface area (Å²) in [6.45, 7) is 0. The van der Waals surface area contributed by atoms with E-state index in [0.29, 0.717) is 12.1 Å². The summed E-state index contributed by atoms with van der Waals surface area (Å²) >= 11 is 0. The van der Waals surface area contributed by atoms with E-state index in [2.05, 4.69) is 10.6 Å². The van der Waals surface area contributed by atoms with E-state index >= 15 is 0 Å². The molecule has 3 aliphatic rings. The van der Waals surface area contributed by atoms with E-state index in [1.165, 1.54) is 7.11 Å². The molecular formula is C29H27F7N2O3. The molecule has 2 amide bonds. The topological polar surface area (TPSA) is 67.4 Å². The Hall–Kier alpha value is -3.57. The fourth-order valence-electron chi connectivity index (χ4n) is 6.35. The van der Waals surface area contributed by atoms with Crippen LogP contribution in [-0.2, 0) is 11.0 Å². The number of benzene rings is 2. The van der Waals surface area contributed by atoms with E-state index in [1.807, 2.05) is 6.07 Å². The fraction of sp³-hybridized carbons (Fsp3) is 0.448. The lowest BCUT2D eigenvalue weighted by Gasteiger charge is -2.31. The third kappa shape index (κ3) is 5.78. The Kier molecular flexibility index (Phi) is 7.54. The summed E-state index contributed by atoms with van der Waals surface area (Å²) in [6, 6.07) is 6.04. The number of hydrogen-bond acceptors (Lipinski definition) is 3. The quantitative estimate of drug-likeness (QED) is 0.284. The molecule has 5 nitrogen and oxygen atoms in total. The number of alkyl halides is 6. The van der Waals surface area contributed by atoms with Gasteiger partial charge in [0.25, 0.3) is 5.91 Å². The minimum absolute atomic E-state index is 0.0341. The molecule has 41 heavy (non-hydrogen) atoms. The molecule has 2 aromatic rings. The Morgan fingerprint density at radius 3 is 2.27 bits per heavy atom. The molecule has 0 unspecified atom stereocenters. The van der Waals surface area contributed by atoms with Gasteiger partial charge in [-0.25, -0.2) is 4.39 Å². The van der Waals surface area contributed by atoms with Crippen LogP contribution in [-0.4, -0.2) is 31.1 Å². The normalized spacial score (nSPS) is 25.2. The van der Waals surface area contributed by atoms with Crippen molar-refractivity contribution in [2.45, 2.75) is 56.4 Å². The average Bonchev–Trinajstić information content (AvgIpc) is 3.36. The lowest BCUT2D eigenvalue weighted by molar-refractivity contribution is -0.140. The summed E-state index contributed by atoms with van der Waals surface area (Å²) in [5, 5.41) is 5.06. The molecule has 2 aromatic carbocycles. The van der Waals surface area contributed by atoms with Gasteiger partial charge in [-0.2, -0.15) is 26.3 Å². The molecule has 12 heteroatoms. The van der Waals surface area contributed by atoms with Crippen molar-refractivity contribution in [3.8, 4) is 5.75 Å². The molecule has 0 heterocycles. The number of anilines is 1. The van der Waals surface area contributed by atoms with Crippen molar-refractivity contribution in [2.75, 3.05) is 12.4 Å². The molecule has 3 saturated carbocycles. The summed E-state index contributed by atoms with van der Waals surface area (Å²) in [5.74, 6) is -5.39. The highest BCUT2D eigenvalue weighted by atomic mass is 19.4. The van der Waals surface area contributed by atoms with E-state index in [4.69, 9.17) is 4.74 Å². The molecule has 3 fully saturated rings. The van der Waals surface area contributed by atoms with E-state index in [-0.39, 0.29) is 47.4 Å². The number of nitrogens with one attached hydrogen (secondary N) is 2. The molecule has 5 rings (SSSR count). The van der Waals surface area contributed by atoms with Gasteiger partial charge in [-0.05, 0) is 73.4 Å². The number of carbonyl (C=O) groups is 2. The molecular weight excluding hydrogens is 557 g/mol. The van der Waals surface area contributed by atoms with Crippen molar-refractivity contribution in [2.24, 2.45) is 17.8 Å². The largest absolute Gasteiger partial charge is 0.496 e. The zero-order chi connectivity index (χ0) is 29.7. The Bertz CT molecular complexity index is 1380. The lowest BCUT2D eigenvalue weighted by Crippen LogP contribution is -2.48. The van der Waals surface area contributed by atoms with E-state index < -0.39 is 59.3 Å². The second kappa shape index (κ2) is 10.7. The lowest BCUT2D eigenvalue weighted by atomic mass is 9.79. The average molecular weight is 585 g/mol. The third-order valence-corrected chi connectivity index (χ3v) is 8.41. The second-order valence-electron chi connectivity index (χ2n) is 10.8. The SMILES string of the molecule is COc1ccc(C2CCC2)cc1C(=O)N[C@H]1[C@@H](C(=O)Nc2ccc(F)c(C(F)(F)F)c2)[C@H]2CC[C@@H]1/C2=C\C(F)(F)F. The van der Waals surface area contributed by atoms with Crippen LogP contribution in [0.5, 0.6) is 5.75 Å². The first kappa shape index (κ1) is 28.9. The highest BCUT2D eigenvalue weighted by Gasteiger charge is 2.55. The Morgan fingerprint density at radius 1 is 0.951 bits per heavy atom. The van der Waals surface area contributed by atoms with Gasteiger partial charge in [0, 0.05) is 23.7 Å². The van der Waals surface area contributed by atoms with Gasteiger partial charge in [0.05, 0.1) is 24.2 Å². The van der Waals surface area contributed by atoms with Crippen LogP contribution in [0.25, 0.3) is 0 Å². The zero-order valence-corrected chi connectivity index (χ0v) is 21.8. The van der Waals surface area contributed by atoms with Gasteiger partial charge in [-0.15, -0.1) is 0 Å². The number of hydrogen-bond donors (Lipinski definition) is 2. The molecule has 0 saturated heterocycles. The van der Waals surface area contributed by atoms with E-state index in [1.54, 1.807) is 12.1 Å². The van der Waals surface area contributed by atoms with Gasteiger partial charge in [0.2, 0.25) is 5.91 Å². The van der Waals surface area contributed by atoms with Crippen molar-refractivity contribution in [3.05, 3.63) is 70.6 Å². The van der Waals surface area contributed by atoms with Gasteiger partial charge in [-0.3, -0.25) is 9.59 Å². The van der Waals surface area contributed by atoms with E-state index in [0.717, 1.165) is 30.9 Å². The molecule has 0 aromatic heterocycles. The van der Waals surface area contributed by atoms with Crippen molar-refractivity contribution >= 4 is 17.5 Å². The number of halogens is 7. The molecule has 0 spiro atoms. The maximum Gasteiger partial charge on any atom is 0.419 e. The summed E-state index contributed by atoms with van der Waals surface area (Å²) in [7, 11) is 1.38. The summed E-state index contributed by atoms with van der Waals surface area (Å²) in [4.78, 5) is 27.0. The van der Waals surface area contributed by atoms with Gasteiger partial charge in [0.15, 0.2) is 0 Å². The van der Waals surface area contributed by atoms with Crippen LogP contribution in [0.3, 0.4) is 0 Å². The van der Waals surface area contributed by atoms with E-state index in [9.17, 15) is 40.3 Å². The second-order valence-corrected chi connectivity index (χ2v) is 10.8. The molecule has 3 aliphatic carbocycles. The maximum atomic E-state index is 13.8. The predicted molar refractivity (Wildman–Crippen MR) is 135 cm³/mol. The minimum atomic E-state index is -5.02. The number of rotatable bonds is 6. The first-order chi connectivity index (χ1) is 19.3. The summed E-state index contributed by atoms with van der Waals surface area (Å²) in [5.41, 5.74) is -0.891. The maximum absolute atomic E-state index is 13.8. The van der Waals surface area contributed by atoms with Crippen molar-refractivity contribution in [3.63, 3.8) is 0 Å². The van der Waals surface area contributed by atoms with Crippen LogP contribution in [0.1, 0.15) is 59.5 Å². The number of fused-ring (bicyclic) bond motifs is 2. The molecule has 2 N–H and O–H groups in total. The van der Waals surface area contributed by atoms with Crippen LogP contribution in [0.4, 0.5) is 36.4 Å². The van der Waals surface area contributed by atoms with Crippen LogP contribution in [0, 0.1) is 23.6 Å². The summed E-state index contributed by atoms with van der Waals surface area (Å²) < 4.78 is 99.1. The smallest absolute Gasteiger partial charge is 0.419 e. The zero-order valence-electron chi connectivity index (χ0n) is 21.8. The summed E-state index contributed by atoms with van der Waals surface area (Å²) in [6.07, 6.45) is -6.03. The van der Waals surface area contributed by atoms with Crippen LogP contribution in [0.15, 0.2) is 48.0 Å². The molecule has 0 aliphatic heterocycles. The highest BCUT2D eigenvalue weighted by molar-refractivity contribution is 5.99. The number of allylic oxidation sites excluding steroid dienone is 1. The van der Waals surface area contributed by atoms with Gasteiger partial charge < -0.3 is 15.4 Å². The van der Waals surface area contributed by atoms with Crippen LogP contribution in [0.2, 0.25) is 0 Å². The van der Waals surface area contributed by atoms with Crippen LogP contribution >= 0.6 is 0 Å². The number of methoxy groups -OCH3 is 1. The predicted octanol–water partition coefficient (Wildman–Crippen LogP) is 7.00. The van der Waals surface area contributed by atoms with Crippen molar-refractivity contribution in [1.82, 2.24) is 5.32 Å². The third-order valence-electron chi connectivity index (χ3n) is 8.41. The Morgan fingerprint density at radius 2 is 1.66 bits per heavy atom. The highest BCUT2D eigenvalue weighted by Crippen LogP contribution is 2.54. The Balaban J connectivity index is 1.46. The van der Waals surface area contributed by atoms with Crippen molar-refractivity contribution < 1.29 is 45.1 Å². The van der Waals surface area contributed by atoms with Gasteiger partial charge in [0.1, 0.15) is 11.6 Å². The number of carbonyl (C=O) groups excluding carboxylic acids is 2. The molecule has 4 atom stereocenters. The number of ether oxygens (including phenoxy) is 1. The standard InChI is InChI=1S/C29H27F7N2O3/c1-41-23-10-5-15(14-3-2-4-14)11-19(23)26(39)38-25-18-8-7-17(20(18)13-28(31,32)33)24(25)27(40)37-16-6-9-22(30)21(12-16)29(34,35)36/h5-6,9-14,17-18,24-25H,2-4,7-8H2,1H3,(H,37,40)(H,38,39)/b20-13-/t17-,18+,24-,25+/m0/s1. The first-order valence-corrected chi connectivity index (χ1v) is 13.2.